The number of hydrogen-bond acceptors (Lipinski definition) is 2. The highest BCUT2D eigenvalue weighted by Gasteiger charge is 2.19. The quantitative estimate of drug-likeness (QED) is 0.694. The molecule has 0 saturated heterocycles. The molecule has 2 nitrogen and oxygen atoms in total. The third-order valence-electron chi connectivity index (χ3n) is 3.71. The van der Waals surface area contributed by atoms with E-state index in [2.05, 4.69) is 47.3 Å². The molecule has 1 aliphatic carbocycles. The molecule has 0 aliphatic heterocycles. The van der Waals surface area contributed by atoms with Crippen molar-refractivity contribution in [3.05, 3.63) is 35.4 Å². The second-order valence-electron chi connectivity index (χ2n) is 5.71. The van der Waals surface area contributed by atoms with Crippen molar-refractivity contribution in [1.29, 1.82) is 0 Å². The van der Waals surface area contributed by atoms with Gasteiger partial charge in [-0.25, -0.2) is 0 Å². The van der Waals surface area contributed by atoms with Gasteiger partial charge < -0.3 is 5.32 Å². The van der Waals surface area contributed by atoms with E-state index in [1.165, 1.54) is 24.0 Å². The largest absolute Gasteiger partial charge is 0.314 e. The molecular formula is C18H26N2. The fourth-order valence-corrected chi connectivity index (χ4v) is 2.44. The van der Waals surface area contributed by atoms with E-state index in [0.717, 1.165) is 45.1 Å². The van der Waals surface area contributed by atoms with Gasteiger partial charge >= 0.3 is 0 Å². The summed E-state index contributed by atoms with van der Waals surface area (Å²) in [6.45, 7) is 6.05. The van der Waals surface area contributed by atoms with Crippen LogP contribution in [0.2, 0.25) is 0 Å². The summed E-state index contributed by atoms with van der Waals surface area (Å²) in [4.78, 5) is 2.32. The molecule has 108 valence electrons. The van der Waals surface area contributed by atoms with E-state index >= 15 is 0 Å². The van der Waals surface area contributed by atoms with Gasteiger partial charge in [-0.1, -0.05) is 37.1 Å². The molecule has 0 spiro atoms. The van der Waals surface area contributed by atoms with Crippen LogP contribution in [0.1, 0.15) is 37.3 Å². The zero-order valence-electron chi connectivity index (χ0n) is 12.6. The maximum atomic E-state index is 5.42. The fourth-order valence-electron chi connectivity index (χ4n) is 2.44. The summed E-state index contributed by atoms with van der Waals surface area (Å²) in [7, 11) is 0. The van der Waals surface area contributed by atoms with Gasteiger partial charge in [-0.3, -0.25) is 4.90 Å². The van der Waals surface area contributed by atoms with E-state index in [1.54, 1.807) is 0 Å². The maximum Gasteiger partial charge on any atom is 0.0601 e. The van der Waals surface area contributed by atoms with Crippen LogP contribution in [0, 0.1) is 12.3 Å². The third kappa shape index (κ3) is 5.36. The lowest BCUT2D eigenvalue weighted by Gasteiger charge is -2.19. The minimum atomic E-state index is 0.737. The minimum Gasteiger partial charge on any atom is -0.314 e. The lowest BCUT2D eigenvalue weighted by atomic mass is 10.1. The van der Waals surface area contributed by atoms with Crippen LogP contribution in [-0.4, -0.2) is 30.6 Å². The Hall–Kier alpha value is -1.30. The lowest BCUT2D eigenvalue weighted by Crippen LogP contribution is -2.24. The molecule has 1 fully saturated rings. The molecule has 0 heterocycles. The minimum absolute atomic E-state index is 0.737. The molecule has 1 saturated carbocycles. The van der Waals surface area contributed by atoms with E-state index in [0.29, 0.717) is 0 Å². The van der Waals surface area contributed by atoms with Crippen molar-refractivity contribution >= 4 is 0 Å². The van der Waals surface area contributed by atoms with E-state index in [-0.39, 0.29) is 0 Å². The van der Waals surface area contributed by atoms with E-state index < -0.39 is 0 Å². The number of hydrogen-bond donors (Lipinski definition) is 1. The Morgan fingerprint density at radius 2 is 1.95 bits per heavy atom. The van der Waals surface area contributed by atoms with E-state index in [9.17, 15) is 0 Å². The van der Waals surface area contributed by atoms with Gasteiger partial charge in [-0.2, -0.15) is 0 Å². The Labute approximate surface area is 123 Å². The van der Waals surface area contributed by atoms with Crippen LogP contribution < -0.4 is 5.32 Å². The highest BCUT2D eigenvalue weighted by atomic mass is 15.1. The van der Waals surface area contributed by atoms with Crippen molar-refractivity contribution in [1.82, 2.24) is 10.2 Å². The standard InChI is InChI=1S/C18H26N2/c1-3-13-20(14-4-2)15-17-7-5-16(6-8-17)11-12-19-18-9-10-18/h1,5-8,18-19H,4,9-15H2,2H3. The Balaban J connectivity index is 1.78. The number of benzene rings is 1. The first-order valence-corrected chi connectivity index (χ1v) is 7.79. The molecule has 0 bridgehead atoms. The Bertz CT molecular complexity index is 426. The molecule has 1 aromatic rings. The topological polar surface area (TPSA) is 15.3 Å². The van der Waals surface area contributed by atoms with Crippen molar-refractivity contribution in [2.45, 2.75) is 45.2 Å². The molecule has 1 aliphatic rings. The zero-order chi connectivity index (χ0) is 14.2. The van der Waals surface area contributed by atoms with Crippen LogP contribution >= 0.6 is 0 Å². The molecule has 20 heavy (non-hydrogen) atoms. The monoisotopic (exact) mass is 270 g/mol. The lowest BCUT2D eigenvalue weighted by molar-refractivity contribution is 0.299. The molecule has 0 atom stereocenters. The summed E-state index contributed by atoms with van der Waals surface area (Å²) >= 11 is 0. The highest BCUT2D eigenvalue weighted by Crippen LogP contribution is 2.18. The number of nitrogens with one attached hydrogen (secondary N) is 1. The third-order valence-corrected chi connectivity index (χ3v) is 3.71. The summed E-state index contributed by atoms with van der Waals surface area (Å²) in [5.41, 5.74) is 2.77. The summed E-state index contributed by atoms with van der Waals surface area (Å²) in [6, 6.07) is 9.80. The summed E-state index contributed by atoms with van der Waals surface area (Å²) < 4.78 is 0. The second kappa shape index (κ2) is 8.09. The van der Waals surface area contributed by atoms with Gasteiger partial charge in [0.1, 0.15) is 0 Å². The first-order valence-electron chi connectivity index (χ1n) is 7.79. The average Bonchev–Trinajstić information content (AvgIpc) is 3.26. The first kappa shape index (κ1) is 15.1. The number of nitrogens with zero attached hydrogens (tertiary/aromatic N) is 1. The van der Waals surface area contributed by atoms with E-state index in [4.69, 9.17) is 6.42 Å². The van der Waals surface area contributed by atoms with Crippen LogP contribution in [0.4, 0.5) is 0 Å². The van der Waals surface area contributed by atoms with Crippen LogP contribution in [0.25, 0.3) is 0 Å². The van der Waals surface area contributed by atoms with Gasteiger partial charge in [0.2, 0.25) is 0 Å². The molecule has 1 aromatic carbocycles. The molecular weight excluding hydrogens is 244 g/mol. The Morgan fingerprint density at radius 1 is 1.25 bits per heavy atom. The Kier molecular flexibility index (Phi) is 6.11. The Morgan fingerprint density at radius 3 is 2.55 bits per heavy atom. The van der Waals surface area contributed by atoms with E-state index in [1.807, 2.05) is 0 Å². The molecule has 0 aromatic heterocycles. The van der Waals surface area contributed by atoms with Gasteiger partial charge in [0, 0.05) is 12.6 Å². The summed E-state index contributed by atoms with van der Waals surface area (Å²) in [5.74, 6) is 2.75. The van der Waals surface area contributed by atoms with Crippen molar-refractivity contribution in [3.63, 3.8) is 0 Å². The van der Waals surface area contributed by atoms with Crippen molar-refractivity contribution in [2.24, 2.45) is 0 Å². The van der Waals surface area contributed by atoms with Gasteiger partial charge in [-0.05, 0) is 49.9 Å². The SMILES string of the molecule is C#CCN(CCC)Cc1ccc(CCNC2CC2)cc1. The predicted octanol–water partition coefficient (Wildman–Crippen LogP) is 2.83. The van der Waals surface area contributed by atoms with Gasteiger partial charge in [0.15, 0.2) is 0 Å². The van der Waals surface area contributed by atoms with Crippen molar-refractivity contribution < 1.29 is 0 Å². The predicted molar refractivity (Wildman–Crippen MR) is 85.6 cm³/mol. The van der Waals surface area contributed by atoms with Gasteiger partial charge in [0.05, 0.1) is 6.54 Å². The maximum absolute atomic E-state index is 5.42. The molecule has 2 rings (SSSR count). The van der Waals surface area contributed by atoms with Crippen molar-refractivity contribution in [2.75, 3.05) is 19.6 Å². The molecule has 1 N–H and O–H groups in total. The van der Waals surface area contributed by atoms with Crippen molar-refractivity contribution in [3.8, 4) is 12.3 Å². The summed E-state index contributed by atoms with van der Waals surface area (Å²) in [6.07, 6.45) is 10.4. The molecule has 0 radical (unpaired) electrons. The summed E-state index contributed by atoms with van der Waals surface area (Å²) in [5, 5.41) is 3.55. The highest BCUT2D eigenvalue weighted by molar-refractivity contribution is 5.23. The normalized spacial score (nSPS) is 14.4. The van der Waals surface area contributed by atoms with Crippen LogP contribution in [0.15, 0.2) is 24.3 Å². The number of rotatable bonds is 9. The van der Waals surface area contributed by atoms with Crippen LogP contribution in [-0.2, 0) is 13.0 Å². The molecule has 0 amide bonds. The van der Waals surface area contributed by atoms with Gasteiger partial charge in [0.25, 0.3) is 0 Å². The smallest absolute Gasteiger partial charge is 0.0601 e. The van der Waals surface area contributed by atoms with Crippen LogP contribution in [0.5, 0.6) is 0 Å². The molecule has 2 heteroatoms. The number of terminal acetylenes is 1. The first-order chi connectivity index (χ1) is 9.81. The second-order valence-corrected chi connectivity index (χ2v) is 5.71. The molecule has 0 unspecified atom stereocenters. The fraction of sp³-hybridized carbons (Fsp3) is 0.556. The van der Waals surface area contributed by atoms with Gasteiger partial charge in [-0.15, -0.1) is 6.42 Å². The average molecular weight is 270 g/mol. The van der Waals surface area contributed by atoms with Crippen LogP contribution in [0.3, 0.4) is 0 Å². The zero-order valence-corrected chi connectivity index (χ0v) is 12.6.